The number of carboxylic acids is 1. The smallest absolute Gasteiger partial charge is 0.335 e. The van der Waals surface area contributed by atoms with Crippen molar-refractivity contribution in [3.63, 3.8) is 0 Å². The number of carboxylic acid groups (broad SMARTS) is 1. The molecule has 0 atom stereocenters. The summed E-state index contributed by atoms with van der Waals surface area (Å²) in [6.45, 7) is 0. The molecule has 1 aromatic heterocycles. The zero-order valence-electron chi connectivity index (χ0n) is 9.54. The number of hydrogen-bond acceptors (Lipinski definition) is 4. The Bertz CT molecular complexity index is 555. The van der Waals surface area contributed by atoms with Crippen LogP contribution in [0.1, 0.15) is 15.9 Å². The van der Waals surface area contributed by atoms with E-state index in [4.69, 9.17) is 10.8 Å². The lowest BCUT2D eigenvalue weighted by atomic mass is 10.1. The van der Waals surface area contributed by atoms with Gasteiger partial charge in [0.05, 0.1) is 22.5 Å². The highest BCUT2D eigenvalue weighted by Gasteiger charge is 2.09. The molecule has 4 nitrogen and oxygen atoms in total. The van der Waals surface area contributed by atoms with Crippen molar-refractivity contribution in [1.29, 1.82) is 0 Å². The van der Waals surface area contributed by atoms with E-state index in [-0.39, 0.29) is 0 Å². The minimum atomic E-state index is -0.906. The van der Waals surface area contributed by atoms with E-state index in [1.54, 1.807) is 24.4 Å². The molecular formula is C13H12N2O2S. The van der Waals surface area contributed by atoms with Crippen molar-refractivity contribution in [2.75, 3.05) is 5.73 Å². The summed E-state index contributed by atoms with van der Waals surface area (Å²) in [5.41, 5.74) is 7.28. The molecule has 0 aliphatic heterocycles. The van der Waals surface area contributed by atoms with E-state index in [1.165, 1.54) is 11.8 Å². The molecule has 0 amide bonds. The number of aromatic carboxylic acids is 1. The maximum absolute atomic E-state index is 11.0. The molecule has 0 saturated heterocycles. The summed E-state index contributed by atoms with van der Waals surface area (Å²) in [6.07, 6.45) is 1.59. The van der Waals surface area contributed by atoms with Crippen molar-refractivity contribution < 1.29 is 9.90 Å². The summed E-state index contributed by atoms with van der Waals surface area (Å²) < 4.78 is 0. The molecule has 0 radical (unpaired) electrons. The van der Waals surface area contributed by atoms with Crippen LogP contribution in [-0.4, -0.2) is 16.1 Å². The van der Waals surface area contributed by atoms with Gasteiger partial charge in [0.15, 0.2) is 0 Å². The fourth-order valence-corrected chi connectivity index (χ4v) is 2.33. The second-order valence-corrected chi connectivity index (χ2v) is 4.68. The van der Waals surface area contributed by atoms with Gasteiger partial charge in [0.2, 0.25) is 0 Å². The summed E-state index contributed by atoms with van der Waals surface area (Å²) >= 11 is 1.48. The Morgan fingerprint density at radius 2 is 2.06 bits per heavy atom. The number of hydrogen-bond donors (Lipinski definition) is 2. The number of nitrogens with zero attached hydrogens (tertiary/aromatic N) is 1. The molecule has 18 heavy (non-hydrogen) atoms. The van der Waals surface area contributed by atoms with Gasteiger partial charge in [-0.05, 0) is 23.8 Å². The number of pyridine rings is 1. The number of nitrogen functional groups attached to an aromatic ring is 1. The molecule has 2 aromatic rings. The molecule has 0 bridgehead atoms. The molecule has 5 heteroatoms. The molecular weight excluding hydrogens is 248 g/mol. The van der Waals surface area contributed by atoms with Crippen LogP contribution in [0.4, 0.5) is 5.69 Å². The van der Waals surface area contributed by atoms with Gasteiger partial charge in [-0.2, -0.15) is 0 Å². The molecule has 2 rings (SSSR count). The first-order chi connectivity index (χ1) is 8.66. The highest BCUT2D eigenvalue weighted by atomic mass is 32.2. The molecule has 0 unspecified atom stereocenters. The van der Waals surface area contributed by atoms with Gasteiger partial charge < -0.3 is 10.8 Å². The first-order valence-electron chi connectivity index (χ1n) is 5.32. The van der Waals surface area contributed by atoms with E-state index in [0.717, 1.165) is 10.6 Å². The van der Waals surface area contributed by atoms with Gasteiger partial charge in [0, 0.05) is 5.75 Å². The van der Waals surface area contributed by atoms with Crippen molar-refractivity contribution >= 4 is 23.4 Å². The summed E-state index contributed by atoms with van der Waals surface area (Å²) in [5, 5.41) is 9.88. The predicted octanol–water partition coefficient (Wildman–Crippen LogP) is 2.65. The Labute approximate surface area is 109 Å². The normalized spacial score (nSPS) is 10.2. The SMILES string of the molecule is Nc1ccc(SCc2ccccc2C(=O)O)nc1. The van der Waals surface area contributed by atoms with Crippen LogP contribution < -0.4 is 5.73 Å². The molecule has 1 heterocycles. The quantitative estimate of drug-likeness (QED) is 0.826. The number of carbonyl (C=O) groups is 1. The van der Waals surface area contributed by atoms with E-state index in [2.05, 4.69) is 4.98 Å². The van der Waals surface area contributed by atoms with Crippen molar-refractivity contribution in [2.45, 2.75) is 10.8 Å². The second-order valence-electron chi connectivity index (χ2n) is 3.68. The van der Waals surface area contributed by atoms with Gasteiger partial charge in [-0.15, -0.1) is 11.8 Å². The zero-order chi connectivity index (χ0) is 13.0. The number of thioether (sulfide) groups is 1. The standard InChI is InChI=1S/C13H12N2O2S/c14-10-5-6-12(15-7-10)18-8-9-3-1-2-4-11(9)13(16)17/h1-7H,8,14H2,(H,16,17). The van der Waals surface area contributed by atoms with Crippen molar-refractivity contribution in [2.24, 2.45) is 0 Å². The van der Waals surface area contributed by atoms with Crippen LogP contribution in [0.5, 0.6) is 0 Å². The lowest BCUT2D eigenvalue weighted by Crippen LogP contribution is -2.01. The van der Waals surface area contributed by atoms with Gasteiger partial charge >= 0.3 is 5.97 Å². The predicted molar refractivity (Wildman–Crippen MR) is 71.6 cm³/mol. The van der Waals surface area contributed by atoms with Gasteiger partial charge in [-0.3, -0.25) is 0 Å². The number of anilines is 1. The topological polar surface area (TPSA) is 76.2 Å². The fourth-order valence-electron chi connectivity index (χ4n) is 1.48. The van der Waals surface area contributed by atoms with Crippen molar-refractivity contribution in [3.05, 3.63) is 53.7 Å². The van der Waals surface area contributed by atoms with Gasteiger partial charge in [-0.1, -0.05) is 18.2 Å². The summed E-state index contributed by atoms with van der Waals surface area (Å²) in [7, 11) is 0. The maximum Gasteiger partial charge on any atom is 0.335 e. The van der Waals surface area contributed by atoms with Crippen LogP contribution in [0.2, 0.25) is 0 Å². The first kappa shape index (κ1) is 12.4. The van der Waals surface area contributed by atoms with Gasteiger partial charge in [0.25, 0.3) is 0 Å². The number of benzene rings is 1. The molecule has 3 N–H and O–H groups in total. The van der Waals surface area contributed by atoms with Crippen molar-refractivity contribution in [1.82, 2.24) is 4.98 Å². The minimum Gasteiger partial charge on any atom is -0.478 e. The second kappa shape index (κ2) is 5.55. The average molecular weight is 260 g/mol. The number of aromatic nitrogens is 1. The molecule has 0 aliphatic rings. The van der Waals surface area contributed by atoms with Gasteiger partial charge in [-0.25, -0.2) is 9.78 Å². The third-order valence-corrected chi connectivity index (χ3v) is 3.38. The molecule has 1 aromatic carbocycles. The monoisotopic (exact) mass is 260 g/mol. The van der Waals surface area contributed by atoms with E-state index >= 15 is 0 Å². The third kappa shape index (κ3) is 3.01. The summed E-state index contributed by atoms with van der Waals surface area (Å²) in [6, 6.07) is 10.6. The van der Waals surface area contributed by atoms with Crippen LogP contribution in [0.15, 0.2) is 47.6 Å². The molecule has 0 saturated carbocycles. The Kier molecular flexibility index (Phi) is 3.84. The Morgan fingerprint density at radius 1 is 1.28 bits per heavy atom. The van der Waals surface area contributed by atoms with E-state index in [1.807, 2.05) is 18.2 Å². The third-order valence-electron chi connectivity index (χ3n) is 2.38. The number of rotatable bonds is 4. The Hall–Kier alpha value is -2.01. The Morgan fingerprint density at radius 3 is 2.72 bits per heavy atom. The van der Waals surface area contributed by atoms with E-state index < -0.39 is 5.97 Å². The van der Waals surface area contributed by atoms with E-state index in [9.17, 15) is 4.79 Å². The zero-order valence-corrected chi connectivity index (χ0v) is 10.4. The van der Waals surface area contributed by atoms with Crippen LogP contribution >= 0.6 is 11.8 Å². The molecule has 0 aliphatic carbocycles. The highest BCUT2D eigenvalue weighted by Crippen LogP contribution is 2.23. The lowest BCUT2D eigenvalue weighted by Gasteiger charge is -2.05. The average Bonchev–Trinajstić information content (AvgIpc) is 2.38. The van der Waals surface area contributed by atoms with Crippen molar-refractivity contribution in [3.8, 4) is 0 Å². The van der Waals surface area contributed by atoms with Crippen LogP contribution in [0.3, 0.4) is 0 Å². The highest BCUT2D eigenvalue weighted by molar-refractivity contribution is 7.98. The largest absolute Gasteiger partial charge is 0.478 e. The first-order valence-corrected chi connectivity index (χ1v) is 6.31. The van der Waals surface area contributed by atoms with Crippen LogP contribution in [0.25, 0.3) is 0 Å². The molecule has 0 spiro atoms. The molecule has 92 valence electrons. The summed E-state index contributed by atoms with van der Waals surface area (Å²) in [4.78, 5) is 15.2. The minimum absolute atomic E-state index is 0.334. The summed E-state index contributed by atoms with van der Waals surface area (Å²) in [5.74, 6) is -0.337. The van der Waals surface area contributed by atoms with Gasteiger partial charge in [0.1, 0.15) is 0 Å². The number of nitrogens with two attached hydrogens (primary N) is 1. The van der Waals surface area contributed by atoms with Crippen LogP contribution in [0, 0.1) is 0 Å². The maximum atomic E-state index is 11.0. The van der Waals surface area contributed by atoms with E-state index in [0.29, 0.717) is 17.0 Å². The molecule has 0 fully saturated rings. The fraction of sp³-hybridized carbons (Fsp3) is 0.0769. The Balaban J connectivity index is 2.10. The lowest BCUT2D eigenvalue weighted by molar-refractivity contribution is 0.0696. The van der Waals surface area contributed by atoms with Crippen LogP contribution in [-0.2, 0) is 5.75 Å².